The lowest BCUT2D eigenvalue weighted by atomic mass is 10.2. The van der Waals surface area contributed by atoms with Crippen LogP contribution < -0.4 is 16.3 Å². The molecule has 2 aromatic rings. The molecule has 0 radical (unpaired) electrons. The van der Waals surface area contributed by atoms with Crippen LogP contribution in [-0.2, 0) is 11.3 Å². The van der Waals surface area contributed by atoms with Gasteiger partial charge in [0.1, 0.15) is 12.4 Å². The summed E-state index contributed by atoms with van der Waals surface area (Å²) >= 11 is 1.21. The molecule has 7 nitrogen and oxygen atoms in total. The summed E-state index contributed by atoms with van der Waals surface area (Å²) in [4.78, 5) is 11.3. The summed E-state index contributed by atoms with van der Waals surface area (Å²) in [6.07, 6.45) is 0. The standard InChI is InChI=1S/C16H18FN5O2S/c17-13-5-1-11(2-6-13)10-22(19)21-16(18)12-3-7-14(8-4-12)25-20-9-15(23)24/h1-8,20H,9-10,19H2,(H2,18,21)(H,23,24). The highest BCUT2D eigenvalue weighted by Crippen LogP contribution is 2.15. The van der Waals surface area contributed by atoms with E-state index < -0.39 is 5.97 Å². The number of hydrogen-bond donors (Lipinski definition) is 4. The van der Waals surface area contributed by atoms with Gasteiger partial charge >= 0.3 is 5.97 Å². The average molecular weight is 363 g/mol. The molecular weight excluding hydrogens is 345 g/mol. The molecule has 0 amide bonds. The van der Waals surface area contributed by atoms with Crippen LogP contribution in [0.1, 0.15) is 11.1 Å². The average Bonchev–Trinajstić information content (AvgIpc) is 2.57. The Morgan fingerprint density at radius 1 is 1.20 bits per heavy atom. The predicted molar refractivity (Wildman–Crippen MR) is 94.8 cm³/mol. The Hall–Kier alpha value is -2.62. The van der Waals surface area contributed by atoms with Crippen LogP contribution in [0.15, 0.2) is 58.5 Å². The normalized spacial score (nSPS) is 11.4. The molecule has 0 aliphatic rings. The number of nitrogens with one attached hydrogen (secondary N) is 1. The van der Waals surface area contributed by atoms with E-state index in [-0.39, 0.29) is 24.7 Å². The first-order chi connectivity index (χ1) is 11.9. The summed E-state index contributed by atoms with van der Waals surface area (Å²) in [6.45, 7) is 0.148. The van der Waals surface area contributed by atoms with Crippen molar-refractivity contribution >= 4 is 23.8 Å². The second-order valence-electron chi connectivity index (χ2n) is 5.05. The molecule has 0 bridgehead atoms. The molecule has 0 saturated carbocycles. The molecule has 0 aromatic heterocycles. The summed E-state index contributed by atoms with van der Waals surface area (Å²) in [7, 11) is 0. The predicted octanol–water partition coefficient (Wildman–Crippen LogP) is 1.50. The van der Waals surface area contributed by atoms with E-state index in [0.717, 1.165) is 10.5 Å². The maximum Gasteiger partial charge on any atom is 0.318 e. The van der Waals surface area contributed by atoms with Gasteiger partial charge in [0.05, 0.1) is 6.54 Å². The van der Waals surface area contributed by atoms with E-state index in [4.69, 9.17) is 16.7 Å². The van der Waals surface area contributed by atoms with Crippen molar-refractivity contribution in [1.29, 1.82) is 0 Å². The molecule has 0 heterocycles. The molecule has 0 aliphatic carbocycles. The smallest absolute Gasteiger partial charge is 0.318 e. The van der Waals surface area contributed by atoms with Gasteiger partial charge in [-0.2, -0.15) is 0 Å². The minimum atomic E-state index is -0.926. The molecule has 2 rings (SSSR count). The highest BCUT2D eigenvalue weighted by Gasteiger charge is 2.04. The molecule has 0 unspecified atom stereocenters. The van der Waals surface area contributed by atoms with Gasteiger partial charge in [-0.25, -0.2) is 20.1 Å². The SMILES string of the molecule is N/C(=N\N(N)Cc1ccc(F)cc1)c1ccc(SNCC(=O)O)cc1. The lowest BCUT2D eigenvalue weighted by Crippen LogP contribution is -2.29. The van der Waals surface area contributed by atoms with Gasteiger partial charge in [0, 0.05) is 10.5 Å². The van der Waals surface area contributed by atoms with Crippen LogP contribution in [0.2, 0.25) is 0 Å². The summed E-state index contributed by atoms with van der Waals surface area (Å²) in [5.74, 6) is 4.80. The molecule has 0 spiro atoms. The molecule has 25 heavy (non-hydrogen) atoms. The van der Waals surface area contributed by atoms with Gasteiger partial charge in [0.25, 0.3) is 0 Å². The summed E-state index contributed by atoms with van der Waals surface area (Å²) in [5.41, 5.74) is 7.41. The largest absolute Gasteiger partial charge is 0.480 e. The van der Waals surface area contributed by atoms with E-state index in [0.29, 0.717) is 5.56 Å². The van der Waals surface area contributed by atoms with Crippen molar-refractivity contribution in [2.45, 2.75) is 11.4 Å². The number of nitrogens with two attached hydrogens (primary N) is 2. The fourth-order valence-corrected chi connectivity index (χ4v) is 2.52. The number of hydrogen-bond acceptors (Lipinski definition) is 6. The summed E-state index contributed by atoms with van der Waals surface area (Å²) < 4.78 is 15.6. The molecular formula is C16H18FN5O2S. The van der Waals surface area contributed by atoms with Crippen molar-refractivity contribution in [1.82, 2.24) is 9.84 Å². The van der Waals surface area contributed by atoms with Crippen LogP contribution in [0.25, 0.3) is 0 Å². The van der Waals surface area contributed by atoms with Crippen LogP contribution in [0.5, 0.6) is 0 Å². The van der Waals surface area contributed by atoms with Gasteiger partial charge in [-0.05, 0) is 41.8 Å². The minimum absolute atomic E-state index is 0.137. The van der Waals surface area contributed by atoms with Crippen molar-refractivity contribution in [3.05, 3.63) is 65.5 Å². The summed E-state index contributed by atoms with van der Waals surface area (Å²) in [6, 6.07) is 13.0. The van der Waals surface area contributed by atoms with Gasteiger partial charge in [-0.3, -0.25) is 4.79 Å². The third-order valence-electron chi connectivity index (χ3n) is 3.06. The number of nitrogens with zero attached hydrogens (tertiary/aromatic N) is 2. The van der Waals surface area contributed by atoms with Crippen molar-refractivity contribution in [3.63, 3.8) is 0 Å². The third-order valence-corrected chi connectivity index (χ3v) is 3.85. The van der Waals surface area contributed by atoms with Gasteiger partial charge in [0.15, 0.2) is 5.84 Å². The van der Waals surface area contributed by atoms with Crippen LogP contribution in [-0.4, -0.2) is 28.6 Å². The number of halogens is 1. The van der Waals surface area contributed by atoms with E-state index in [1.165, 1.54) is 29.2 Å². The molecule has 0 aliphatic heterocycles. The molecule has 0 fully saturated rings. The number of carboxylic acids is 1. The Labute approximate surface area is 148 Å². The molecule has 0 atom stereocenters. The van der Waals surface area contributed by atoms with Crippen LogP contribution in [0.4, 0.5) is 4.39 Å². The van der Waals surface area contributed by atoms with E-state index in [9.17, 15) is 9.18 Å². The van der Waals surface area contributed by atoms with Crippen LogP contribution in [0.3, 0.4) is 0 Å². The van der Waals surface area contributed by atoms with Crippen molar-refractivity contribution in [3.8, 4) is 0 Å². The van der Waals surface area contributed by atoms with E-state index in [1.807, 2.05) is 0 Å². The van der Waals surface area contributed by atoms with Crippen molar-refractivity contribution in [2.75, 3.05) is 6.54 Å². The van der Waals surface area contributed by atoms with E-state index >= 15 is 0 Å². The second kappa shape index (κ2) is 9.02. The van der Waals surface area contributed by atoms with Gasteiger partial charge in [-0.1, -0.05) is 24.3 Å². The number of hydrazine groups is 1. The highest BCUT2D eigenvalue weighted by molar-refractivity contribution is 7.97. The number of aliphatic carboxylic acids is 1. The second-order valence-corrected chi connectivity index (χ2v) is 6.01. The Balaban J connectivity index is 1.93. The van der Waals surface area contributed by atoms with Gasteiger partial charge < -0.3 is 10.8 Å². The Bertz CT molecular complexity index is 737. The third kappa shape index (κ3) is 6.42. The maximum atomic E-state index is 12.9. The van der Waals surface area contributed by atoms with Crippen LogP contribution >= 0.6 is 11.9 Å². The maximum absolute atomic E-state index is 12.9. The van der Waals surface area contributed by atoms with E-state index in [2.05, 4.69) is 9.82 Å². The lowest BCUT2D eigenvalue weighted by molar-refractivity contribution is -0.135. The fourth-order valence-electron chi connectivity index (χ4n) is 1.88. The lowest BCUT2D eigenvalue weighted by Gasteiger charge is -2.14. The molecule has 2 aromatic carbocycles. The minimum Gasteiger partial charge on any atom is -0.480 e. The van der Waals surface area contributed by atoms with Crippen molar-refractivity contribution < 1.29 is 14.3 Å². The monoisotopic (exact) mass is 363 g/mol. The van der Waals surface area contributed by atoms with Gasteiger partial charge in [-0.15, -0.1) is 5.10 Å². The fraction of sp³-hybridized carbons (Fsp3) is 0.125. The zero-order valence-electron chi connectivity index (χ0n) is 13.2. The number of rotatable bonds is 8. The van der Waals surface area contributed by atoms with Crippen LogP contribution in [0, 0.1) is 5.82 Å². The molecule has 132 valence electrons. The first-order valence-electron chi connectivity index (χ1n) is 7.27. The summed E-state index contributed by atoms with van der Waals surface area (Å²) in [5, 5.41) is 13.8. The zero-order chi connectivity index (χ0) is 18.2. The highest BCUT2D eigenvalue weighted by atomic mass is 32.2. The Morgan fingerprint density at radius 3 is 2.44 bits per heavy atom. The number of amidine groups is 1. The quantitative estimate of drug-likeness (QED) is 0.185. The van der Waals surface area contributed by atoms with Crippen molar-refractivity contribution in [2.24, 2.45) is 16.7 Å². The molecule has 0 saturated heterocycles. The zero-order valence-corrected chi connectivity index (χ0v) is 14.0. The van der Waals surface area contributed by atoms with Gasteiger partial charge in [0.2, 0.25) is 0 Å². The first-order valence-corrected chi connectivity index (χ1v) is 8.08. The number of benzene rings is 2. The Morgan fingerprint density at radius 2 is 1.84 bits per heavy atom. The first kappa shape index (κ1) is 18.7. The topological polar surface area (TPSA) is 117 Å². The Kier molecular flexibility index (Phi) is 6.75. The molecule has 9 heteroatoms. The van der Waals surface area contributed by atoms with E-state index in [1.54, 1.807) is 36.4 Å². The number of hydrazone groups is 1. The molecule has 6 N–H and O–H groups in total. The number of carbonyl (C=O) groups is 1. The number of carboxylic acid groups (broad SMARTS) is 1.